The van der Waals surface area contributed by atoms with Crippen LogP contribution in [0.15, 0.2) is 24.4 Å². The molecule has 0 bridgehead atoms. The molecule has 2 aromatic rings. The van der Waals surface area contributed by atoms with E-state index in [2.05, 4.69) is 12.2 Å². The van der Waals surface area contributed by atoms with Gasteiger partial charge >= 0.3 is 6.18 Å². The van der Waals surface area contributed by atoms with E-state index >= 15 is 0 Å². The van der Waals surface area contributed by atoms with Crippen molar-refractivity contribution in [3.63, 3.8) is 0 Å². The minimum Gasteiger partial charge on any atom is -0.345 e. The van der Waals surface area contributed by atoms with E-state index in [0.717, 1.165) is 17.4 Å². The molecule has 116 valence electrons. The summed E-state index contributed by atoms with van der Waals surface area (Å²) in [6, 6.07) is 4.41. The highest BCUT2D eigenvalue weighted by molar-refractivity contribution is 5.85. The number of fused-ring (bicyclic) bond motifs is 1. The molecular weight excluding hydrogens is 277 g/mol. The molecule has 1 aromatic heterocycles. The van der Waals surface area contributed by atoms with Crippen LogP contribution in [0.5, 0.6) is 0 Å². The molecule has 0 fully saturated rings. The van der Waals surface area contributed by atoms with Gasteiger partial charge in [0.05, 0.1) is 5.56 Å². The van der Waals surface area contributed by atoms with Crippen LogP contribution < -0.4 is 5.32 Å². The van der Waals surface area contributed by atoms with E-state index < -0.39 is 11.7 Å². The Balaban J connectivity index is 2.58. The van der Waals surface area contributed by atoms with E-state index in [0.29, 0.717) is 5.52 Å². The number of nitrogens with zero attached hydrogens (tertiary/aromatic N) is 1. The predicted molar refractivity (Wildman–Crippen MR) is 79.6 cm³/mol. The fraction of sp³-hybridized carbons (Fsp3) is 0.500. The molecule has 1 heterocycles. The van der Waals surface area contributed by atoms with Crippen LogP contribution >= 0.6 is 0 Å². The average Bonchev–Trinajstić information content (AvgIpc) is 2.76. The molecule has 2 nitrogen and oxygen atoms in total. The molecule has 2 rings (SSSR count). The summed E-state index contributed by atoms with van der Waals surface area (Å²) in [7, 11) is 1.88. The summed E-state index contributed by atoms with van der Waals surface area (Å²) < 4.78 is 40.6. The van der Waals surface area contributed by atoms with Crippen molar-refractivity contribution >= 4 is 10.9 Å². The Morgan fingerprint density at radius 3 is 2.38 bits per heavy atom. The first-order valence-corrected chi connectivity index (χ1v) is 7.12. The first-order valence-electron chi connectivity index (χ1n) is 7.12. The van der Waals surface area contributed by atoms with Gasteiger partial charge in [0.25, 0.3) is 0 Å². The Morgan fingerprint density at radius 2 is 1.86 bits per heavy atom. The largest absolute Gasteiger partial charge is 0.416 e. The first kappa shape index (κ1) is 15.9. The zero-order valence-corrected chi connectivity index (χ0v) is 12.8. The molecular formula is C16H21F3N2. The van der Waals surface area contributed by atoms with Crippen LogP contribution in [0.3, 0.4) is 0 Å². The van der Waals surface area contributed by atoms with Gasteiger partial charge in [-0.25, -0.2) is 0 Å². The summed E-state index contributed by atoms with van der Waals surface area (Å²) in [5.74, 6) is 0. The maximum atomic E-state index is 12.9. The molecule has 0 aliphatic heterocycles. The van der Waals surface area contributed by atoms with Crippen molar-refractivity contribution in [2.75, 3.05) is 7.05 Å². The van der Waals surface area contributed by atoms with E-state index in [1.54, 1.807) is 6.07 Å². The Hall–Kier alpha value is -1.49. The average molecular weight is 298 g/mol. The summed E-state index contributed by atoms with van der Waals surface area (Å²) >= 11 is 0. The number of alkyl halides is 3. The van der Waals surface area contributed by atoms with Gasteiger partial charge in [-0.3, -0.25) is 0 Å². The van der Waals surface area contributed by atoms with E-state index in [4.69, 9.17) is 0 Å². The second kappa shape index (κ2) is 5.72. The molecule has 0 saturated heterocycles. The topological polar surface area (TPSA) is 17.0 Å². The number of benzene rings is 1. The highest BCUT2D eigenvalue weighted by Crippen LogP contribution is 2.34. The smallest absolute Gasteiger partial charge is 0.345 e. The Morgan fingerprint density at radius 1 is 1.19 bits per heavy atom. The normalized spacial score (nSPS) is 14.1. The molecule has 1 aromatic carbocycles. The van der Waals surface area contributed by atoms with Crippen LogP contribution in [0.4, 0.5) is 13.2 Å². The standard InChI is InChI=1S/C16H21F3N2/c1-10(2)21-9-12(7-11(3)20-4)14-6-5-13(8-15(14)21)16(17,18)19/h5-6,8-11,20H,7H2,1-4H3. The van der Waals surface area contributed by atoms with E-state index in [-0.39, 0.29) is 12.1 Å². The second-order valence-electron chi connectivity index (χ2n) is 5.78. The third kappa shape index (κ3) is 3.23. The van der Waals surface area contributed by atoms with Crippen LogP contribution in [0.1, 0.15) is 37.9 Å². The number of likely N-dealkylation sites (N-methyl/N-ethyl adjacent to an activating group) is 1. The second-order valence-corrected chi connectivity index (χ2v) is 5.78. The fourth-order valence-electron chi connectivity index (χ4n) is 2.52. The highest BCUT2D eigenvalue weighted by atomic mass is 19.4. The third-order valence-corrected chi connectivity index (χ3v) is 3.82. The summed E-state index contributed by atoms with van der Waals surface area (Å²) in [6.07, 6.45) is -1.54. The van der Waals surface area contributed by atoms with E-state index in [9.17, 15) is 13.2 Å². The summed E-state index contributed by atoms with van der Waals surface area (Å²) in [5.41, 5.74) is 1.13. The van der Waals surface area contributed by atoms with Gasteiger partial charge in [0.15, 0.2) is 0 Å². The molecule has 1 unspecified atom stereocenters. The molecule has 0 aliphatic carbocycles. The molecule has 0 spiro atoms. The number of hydrogen-bond acceptors (Lipinski definition) is 1. The molecule has 0 aliphatic rings. The van der Waals surface area contributed by atoms with Crippen LogP contribution in [-0.2, 0) is 12.6 Å². The van der Waals surface area contributed by atoms with Gasteiger partial charge < -0.3 is 9.88 Å². The zero-order valence-electron chi connectivity index (χ0n) is 12.8. The number of hydrogen-bond donors (Lipinski definition) is 1. The van der Waals surface area contributed by atoms with Crippen molar-refractivity contribution in [2.45, 2.75) is 45.5 Å². The van der Waals surface area contributed by atoms with Crippen molar-refractivity contribution in [3.8, 4) is 0 Å². The number of aromatic nitrogens is 1. The molecule has 21 heavy (non-hydrogen) atoms. The van der Waals surface area contributed by atoms with Gasteiger partial charge in [-0.2, -0.15) is 13.2 Å². The van der Waals surface area contributed by atoms with Gasteiger partial charge in [0.1, 0.15) is 0 Å². The van der Waals surface area contributed by atoms with Crippen LogP contribution in [-0.4, -0.2) is 17.7 Å². The van der Waals surface area contributed by atoms with Crippen molar-refractivity contribution in [2.24, 2.45) is 0 Å². The first-order chi connectivity index (χ1) is 9.74. The maximum absolute atomic E-state index is 12.9. The Labute approximate surface area is 122 Å². The van der Waals surface area contributed by atoms with E-state index in [1.807, 2.05) is 31.7 Å². The van der Waals surface area contributed by atoms with Gasteiger partial charge in [0, 0.05) is 29.2 Å². The lowest BCUT2D eigenvalue weighted by atomic mass is 10.0. The lowest BCUT2D eigenvalue weighted by Crippen LogP contribution is -2.23. The summed E-state index contributed by atoms with van der Waals surface area (Å²) in [6.45, 7) is 6.01. The van der Waals surface area contributed by atoms with Gasteiger partial charge in [0.2, 0.25) is 0 Å². The monoisotopic (exact) mass is 298 g/mol. The number of nitrogens with one attached hydrogen (secondary N) is 1. The molecule has 0 saturated carbocycles. The lowest BCUT2D eigenvalue weighted by molar-refractivity contribution is -0.137. The molecule has 0 radical (unpaired) electrons. The number of rotatable bonds is 4. The van der Waals surface area contributed by atoms with Gasteiger partial charge in [-0.15, -0.1) is 0 Å². The molecule has 5 heteroatoms. The van der Waals surface area contributed by atoms with Crippen LogP contribution in [0.25, 0.3) is 10.9 Å². The Bertz CT molecular complexity index is 626. The Kier molecular flexibility index (Phi) is 4.33. The predicted octanol–water partition coefficient (Wildman–Crippen LogP) is 4.39. The van der Waals surface area contributed by atoms with Crippen LogP contribution in [0, 0.1) is 0 Å². The van der Waals surface area contributed by atoms with Crippen molar-refractivity contribution in [3.05, 3.63) is 35.5 Å². The quantitative estimate of drug-likeness (QED) is 0.885. The lowest BCUT2D eigenvalue weighted by Gasteiger charge is -2.11. The van der Waals surface area contributed by atoms with Crippen molar-refractivity contribution in [1.82, 2.24) is 9.88 Å². The van der Waals surface area contributed by atoms with E-state index in [1.165, 1.54) is 12.1 Å². The highest BCUT2D eigenvalue weighted by Gasteiger charge is 2.31. The van der Waals surface area contributed by atoms with Gasteiger partial charge in [-0.05, 0) is 51.9 Å². The minimum atomic E-state index is -4.31. The fourth-order valence-corrected chi connectivity index (χ4v) is 2.52. The summed E-state index contributed by atoms with van der Waals surface area (Å²) in [4.78, 5) is 0. The van der Waals surface area contributed by atoms with Gasteiger partial charge in [-0.1, -0.05) is 6.07 Å². The van der Waals surface area contributed by atoms with Crippen molar-refractivity contribution < 1.29 is 13.2 Å². The molecule has 1 N–H and O–H groups in total. The SMILES string of the molecule is CNC(C)Cc1cn(C(C)C)c2cc(C(F)(F)F)ccc12. The van der Waals surface area contributed by atoms with Crippen LogP contribution in [0.2, 0.25) is 0 Å². The molecule has 0 amide bonds. The summed E-state index contributed by atoms with van der Waals surface area (Å²) in [5, 5.41) is 4.06. The van der Waals surface area contributed by atoms with Crippen molar-refractivity contribution in [1.29, 1.82) is 0 Å². The molecule has 1 atom stereocenters. The minimum absolute atomic E-state index is 0.120. The third-order valence-electron chi connectivity index (χ3n) is 3.82. The zero-order chi connectivity index (χ0) is 15.8. The number of halogens is 3. The maximum Gasteiger partial charge on any atom is 0.416 e.